The lowest BCUT2D eigenvalue weighted by Crippen LogP contribution is -2.53. The molecule has 2 saturated heterocycles. The highest BCUT2D eigenvalue weighted by molar-refractivity contribution is 7.09. The van der Waals surface area contributed by atoms with Crippen LogP contribution in [0, 0.1) is 23.7 Å². The van der Waals surface area contributed by atoms with E-state index in [1.165, 1.54) is 28.4 Å². The minimum absolute atomic E-state index is 0.0778. The van der Waals surface area contributed by atoms with Gasteiger partial charge in [0, 0.05) is 15.8 Å². The molecule has 8 rings (SSSR count). The van der Waals surface area contributed by atoms with E-state index in [2.05, 4.69) is 5.43 Å². The first kappa shape index (κ1) is 35.2. The second-order valence-corrected chi connectivity index (χ2v) is 15.6. The lowest BCUT2D eigenvalue weighted by atomic mass is 9.49. The van der Waals surface area contributed by atoms with Gasteiger partial charge in [-0.3, -0.25) is 29.5 Å². The maximum absolute atomic E-state index is 15.4. The molecule has 53 heavy (non-hydrogen) atoms. The minimum atomic E-state index is -1.53. The molecule has 1 aromatic heterocycles. The Morgan fingerprint density at radius 2 is 1.75 bits per heavy atom. The number of ether oxygens (including phenoxy) is 2. The van der Waals surface area contributed by atoms with Crippen molar-refractivity contribution in [1.82, 2.24) is 9.91 Å². The van der Waals surface area contributed by atoms with Crippen molar-refractivity contribution in [1.29, 1.82) is 0 Å². The molecule has 6 atom stereocenters. The van der Waals surface area contributed by atoms with Crippen LogP contribution >= 0.6 is 34.5 Å². The number of hydrazine groups is 1. The highest BCUT2D eigenvalue weighted by Crippen LogP contribution is 2.64. The number of imide groups is 2. The second-order valence-electron chi connectivity index (χ2n) is 13.7. The third-order valence-corrected chi connectivity index (χ3v) is 12.6. The number of allylic oxidation sites excluding steroid dienone is 2. The van der Waals surface area contributed by atoms with Crippen LogP contribution in [0.3, 0.4) is 0 Å². The number of anilines is 1. The largest absolute Gasteiger partial charge is 0.504 e. The van der Waals surface area contributed by atoms with Crippen molar-refractivity contribution >= 4 is 63.9 Å². The summed E-state index contributed by atoms with van der Waals surface area (Å²) in [6.45, 7) is 2.26. The molecular formula is C40H35Cl2N3O7S. The van der Waals surface area contributed by atoms with E-state index in [0.717, 1.165) is 15.5 Å². The molecule has 0 radical (unpaired) electrons. The van der Waals surface area contributed by atoms with Crippen molar-refractivity contribution < 1.29 is 33.8 Å². The third-order valence-electron chi connectivity index (χ3n) is 11.2. The minimum Gasteiger partial charge on any atom is -0.504 e. The summed E-state index contributed by atoms with van der Waals surface area (Å²) in [5, 5.41) is 14.3. The highest BCUT2D eigenvalue weighted by atomic mass is 35.5. The summed E-state index contributed by atoms with van der Waals surface area (Å²) in [4.78, 5) is 60.9. The maximum atomic E-state index is 15.4. The Morgan fingerprint density at radius 1 is 0.962 bits per heavy atom. The molecule has 2 N–H and O–H groups in total. The van der Waals surface area contributed by atoms with Crippen molar-refractivity contribution in [3.05, 3.63) is 116 Å². The SMILES string of the molecule is CCOc1cc(C2C3=CCC4C(=O)N(Cc5cccs5)C(=O)C4C3CC3C(=O)N(Nc4ccc(Cl)cc4Cl)C(=O)C32c2ccc(OC)cc2)ccc1O. The number of hydrogen-bond acceptors (Lipinski definition) is 9. The highest BCUT2D eigenvalue weighted by Gasteiger charge is 2.70. The predicted octanol–water partition coefficient (Wildman–Crippen LogP) is 7.35. The summed E-state index contributed by atoms with van der Waals surface area (Å²) in [5.41, 5.74) is 3.74. The molecule has 4 aliphatic rings. The van der Waals surface area contributed by atoms with Crippen molar-refractivity contribution in [2.45, 2.75) is 37.6 Å². The van der Waals surface area contributed by atoms with Gasteiger partial charge in [-0.25, -0.2) is 0 Å². The number of phenolic OH excluding ortho intramolecular Hbond substituents is 1. The topological polar surface area (TPSA) is 125 Å². The van der Waals surface area contributed by atoms with E-state index < -0.39 is 46.8 Å². The number of methoxy groups -OCH3 is 1. The molecule has 4 amide bonds. The van der Waals surface area contributed by atoms with E-state index in [0.29, 0.717) is 34.0 Å². The van der Waals surface area contributed by atoms with Crippen LogP contribution in [0.4, 0.5) is 5.69 Å². The van der Waals surface area contributed by atoms with Gasteiger partial charge >= 0.3 is 0 Å². The monoisotopic (exact) mass is 771 g/mol. The summed E-state index contributed by atoms with van der Waals surface area (Å²) in [5.74, 6) is -4.47. The molecule has 10 nitrogen and oxygen atoms in total. The fourth-order valence-corrected chi connectivity index (χ4v) is 10.1. The first-order chi connectivity index (χ1) is 25.6. The van der Waals surface area contributed by atoms with Gasteiger partial charge in [-0.05, 0) is 90.7 Å². The number of hydrogen-bond donors (Lipinski definition) is 2. The molecule has 6 unspecified atom stereocenters. The Labute approximate surface area is 319 Å². The summed E-state index contributed by atoms with van der Waals surface area (Å²) in [6.07, 6.45) is 2.42. The molecule has 2 aliphatic carbocycles. The molecule has 0 spiro atoms. The zero-order valence-corrected chi connectivity index (χ0v) is 31.1. The number of benzene rings is 3. The van der Waals surface area contributed by atoms with Gasteiger partial charge in [0.2, 0.25) is 11.8 Å². The van der Waals surface area contributed by atoms with E-state index >= 15 is 4.79 Å². The first-order valence-electron chi connectivity index (χ1n) is 17.4. The Bertz CT molecular complexity index is 2170. The van der Waals surface area contributed by atoms with Crippen molar-refractivity contribution in [2.24, 2.45) is 23.7 Å². The number of thiophene rings is 1. The fourth-order valence-electron chi connectivity index (χ4n) is 8.98. The Hall–Kier alpha value is -4.84. The number of nitrogens with zero attached hydrogens (tertiary/aromatic N) is 2. The van der Waals surface area contributed by atoms with E-state index in [4.69, 9.17) is 32.7 Å². The van der Waals surface area contributed by atoms with Gasteiger partial charge in [0.25, 0.3) is 11.8 Å². The standard InChI is InChI=1S/C40H35Cl2N3O7S/c1-3-52-33-17-21(6-15-32(33)46)35-26-12-13-27-34(38(49)44(36(27)47)20-25-5-4-16-53-25)28(26)19-29-37(48)45(43-31-14-9-23(41)18-30(31)42)39(50)40(29,35)22-7-10-24(51-2)11-8-22/h4-12,14-18,27-29,34-35,43,46H,3,13,19-20H2,1-2H3. The van der Waals surface area contributed by atoms with Gasteiger partial charge < -0.3 is 14.6 Å². The van der Waals surface area contributed by atoms with Crippen LogP contribution in [0.1, 0.15) is 41.7 Å². The number of aromatic hydroxyl groups is 1. The molecule has 4 aromatic rings. The Kier molecular flexibility index (Phi) is 8.99. The quantitative estimate of drug-likeness (QED) is 0.134. The number of fused-ring (bicyclic) bond motifs is 4. The Balaban J connectivity index is 1.33. The first-order valence-corrected chi connectivity index (χ1v) is 19.0. The molecule has 13 heteroatoms. The van der Waals surface area contributed by atoms with Gasteiger partial charge in [0.1, 0.15) is 5.75 Å². The average Bonchev–Trinajstić information content (AvgIpc) is 3.82. The molecule has 2 aliphatic heterocycles. The zero-order valence-electron chi connectivity index (χ0n) is 28.8. The van der Waals surface area contributed by atoms with Gasteiger partial charge in [0.05, 0.1) is 54.1 Å². The van der Waals surface area contributed by atoms with E-state index in [9.17, 15) is 19.5 Å². The number of phenols is 1. The molecule has 3 heterocycles. The summed E-state index contributed by atoms with van der Waals surface area (Å²) >= 11 is 14.2. The van der Waals surface area contributed by atoms with Crippen LogP contribution in [0.2, 0.25) is 10.0 Å². The van der Waals surface area contributed by atoms with Crippen LogP contribution in [0.15, 0.2) is 89.8 Å². The third kappa shape index (κ3) is 5.51. The van der Waals surface area contributed by atoms with Crippen molar-refractivity contribution in [2.75, 3.05) is 19.1 Å². The summed E-state index contributed by atoms with van der Waals surface area (Å²) in [7, 11) is 1.55. The number of carbonyl (C=O) groups is 4. The molecule has 3 aromatic carbocycles. The lowest BCUT2D eigenvalue weighted by molar-refractivity contribution is -0.141. The number of carbonyl (C=O) groups excluding carboxylic acids is 4. The number of amides is 4. The number of halogens is 2. The van der Waals surface area contributed by atoms with Gasteiger partial charge in [0.15, 0.2) is 11.5 Å². The van der Waals surface area contributed by atoms with Crippen molar-refractivity contribution in [3.63, 3.8) is 0 Å². The van der Waals surface area contributed by atoms with Gasteiger partial charge in [-0.15, -0.1) is 11.3 Å². The molecule has 0 bridgehead atoms. The second kappa shape index (κ2) is 13.5. The summed E-state index contributed by atoms with van der Waals surface area (Å²) in [6, 6.07) is 20.6. The smallest absolute Gasteiger partial charge is 0.260 e. The van der Waals surface area contributed by atoms with E-state index in [-0.39, 0.29) is 47.9 Å². The van der Waals surface area contributed by atoms with Crippen LogP contribution < -0.4 is 14.9 Å². The number of rotatable bonds is 9. The van der Waals surface area contributed by atoms with Crippen LogP contribution in [-0.2, 0) is 31.1 Å². The lowest BCUT2D eigenvalue weighted by Gasteiger charge is -2.50. The van der Waals surface area contributed by atoms with E-state index in [1.807, 2.05) is 23.6 Å². The van der Waals surface area contributed by atoms with Crippen LogP contribution in [0.25, 0.3) is 0 Å². The van der Waals surface area contributed by atoms with E-state index in [1.54, 1.807) is 62.6 Å². The molecule has 1 saturated carbocycles. The normalized spacial score (nSPS) is 26.3. The fraction of sp³-hybridized carbons (Fsp3) is 0.300. The molecule has 3 fully saturated rings. The maximum Gasteiger partial charge on any atom is 0.260 e. The van der Waals surface area contributed by atoms with Crippen LogP contribution in [-0.4, -0.2) is 52.4 Å². The molecule has 272 valence electrons. The average molecular weight is 773 g/mol. The zero-order chi connectivity index (χ0) is 37.2. The predicted molar refractivity (Wildman–Crippen MR) is 200 cm³/mol. The van der Waals surface area contributed by atoms with Crippen molar-refractivity contribution in [3.8, 4) is 17.2 Å². The number of likely N-dealkylation sites (tertiary alicyclic amines) is 1. The molecular weight excluding hydrogens is 737 g/mol. The van der Waals surface area contributed by atoms with Gasteiger partial charge in [-0.2, -0.15) is 5.01 Å². The van der Waals surface area contributed by atoms with Gasteiger partial charge in [-0.1, -0.05) is 59.1 Å². The van der Waals surface area contributed by atoms with Crippen LogP contribution in [0.5, 0.6) is 17.2 Å². The summed E-state index contributed by atoms with van der Waals surface area (Å²) < 4.78 is 11.3. The number of nitrogens with one attached hydrogen (secondary N) is 1. The Morgan fingerprint density at radius 3 is 2.45 bits per heavy atom.